The van der Waals surface area contributed by atoms with Gasteiger partial charge in [-0.15, -0.1) is 0 Å². The molecular weight excluding hydrogens is 364 g/mol. The van der Waals surface area contributed by atoms with Crippen molar-refractivity contribution in [2.75, 3.05) is 5.73 Å². The maximum Gasteiger partial charge on any atom is 0.259 e. The highest BCUT2D eigenvalue weighted by atomic mass is 16.1. The molecule has 0 aliphatic rings. The van der Waals surface area contributed by atoms with Crippen molar-refractivity contribution < 1.29 is 0 Å². The Morgan fingerprint density at radius 3 is 2.76 bits per heavy atom. The molecule has 0 aliphatic heterocycles. The summed E-state index contributed by atoms with van der Waals surface area (Å²) < 4.78 is 1.62. The van der Waals surface area contributed by atoms with Crippen LogP contribution in [0.5, 0.6) is 0 Å². The summed E-state index contributed by atoms with van der Waals surface area (Å²) in [6.45, 7) is 2.06. The molecule has 3 aromatic heterocycles. The first-order valence-electron chi connectivity index (χ1n) is 9.57. The zero-order valence-electron chi connectivity index (χ0n) is 16.1. The van der Waals surface area contributed by atoms with Crippen LogP contribution in [0.3, 0.4) is 0 Å². The number of hydrogen-bond donors (Lipinski definition) is 2. The monoisotopic (exact) mass is 386 g/mol. The van der Waals surface area contributed by atoms with Gasteiger partial charge in [0.05, 0.1) is 5.69 Å². The third-order valence-electron chi connectivity index (χ3n) is 5.18. The van der Waals surface area contributed by atoms with Gasteiger partial charge in [0.2, 0.25) is 5.56 Å². The Bertz CT molecular complexity index is 1290. The largest absolute Gasteiger partial charge is 0.399 e. The maximum absolute atomic E-state index is 13.3. The van der Waals surface area contributed by atoms with Crippen LogP contribution < -0.4 is 16.9 Å². The van der Waals surface area contributed by atoms with E-state index in [9.17, 15) is 9.59 Å². The zero-order valence-corrected chi connectivity index (χ0v) is 16.1. The molecule has 1 unspecified atom stereocenters. The molecule has 3 heterocycles. The molecule has 3 N–H and O–H groups in total. The molecule has 0 bridgehead atoms. The summed E-state index contributed by atoms with van der Waals surface area (Å²) in [7, 11) is 0. The summed E-state index contributed by atoms with van der Waals surface area (Å²) >= 11 is 0. The summed E-state index contributed by atoms with van der Waals surface area (Å²) in [6.07, 6.45) is 4.68. The topological polar surface area (TPSA) is 93.8 Å². The van der Waals surface area contributed by atoms with Crippen molar-refractivity contribution >= 4 is 16.7 Å². The molecule has 4 aromatic rings. The van der Waals surface area contributed by atoms with E-state index in [1.807, 2.05) is 36.4 Å². The fourth-order valence-electron chi connectivity index (χ4n) is 3.59. The van der Waals surface area contributed by atoms with E-state index in [0.717, 1.165) is 17.4 Å². The number of benzene rings is 1. The number of H-pyrrole nitrogens is 1. The molecule has 0 fully saturated rings. The smallest absolute Gasteiger partial charge is 0.259 e. The highest BCUT2D eigenvalue weighted by molar-refractivity contribution is 5.77. The lowest BCUT2D eigenvalue weighted by atomic mass is 9.95. The third-order valence-corrected chi connectivity index (χ3v) is 5.18. The molecule has 146 valence electrons. The fraction of sp³-hybridized carbons (Fsp3) is 0.174. The number of nitrogens with two attached hydrogens (primary N) is 1. The first-order chi connectivity index (χ1) is 14.0. The average molecular weight is 386 g/mol. The van der Waals surface area contributed by atoms with Crippen LogP contribution in [-0.4, -0.2) is 14.5 Å². The summed E-state index contributed by atoms with van der Waals surface area (Å²) in [5.41, 5.74) is 9.30. The molecule has 1 aromatic carbocycles. The maximum atomic E-state index is 13.3. The van der Waals surface area contributed by atoms with Gasteiger partial charge < -0.3 is 10.7 Å². The minimum Gasteiger partial charge on any atom is -0.399 e. The van der Waals surface area contributed by atoms with E-state index in [0.29, 0.717) is 29.0 Å². The predicted molar refractivity (Wildman–Crippen MR) is 116 cm³/mol. The van der Waals surface area contributed by atoms with Gasteiger partial charge in [0, 0.05) is 35.1 Å². The lowest BCUT2D eigenvalue weighted by Crippen LogP contribution is -2.23. The molecule has 1 atom stereocenters. The summed E-state index contributed by atoms with van der Waals surface area (Å²) in [5.74, 6) is 0.155. The van der Waals surface area contributed by atoms with Gasteiger partial charge in [0.15, 0.2) is 0 Å². The number of aromatic nitrogens is 3. The number of pyridine rings is 3. The van der Waals surface area contributed by atoms with Crippen molar-refractivity contribution in [3.63, 3.8) is 0 Å². The number of aryl methyl sites for hydroxylation is 1. The number of nitrogens with one attached hydrogen (secondary N) is 1. The number of aromatic amines is 1. The van der Waals surface area contributed by atoms with Crippen LogP contribution in [0.4, 0.5) is 5.69 Å². The summed E-state index contributed by atoms with van der Waals surface area (Å²) in [6, 6.07) is 16.5. The zero-order chi connectivity index (χ0) is 20.4. The normalized spacial score (nSPS) is 12.2. The van der Waals surface area contributed by atoms with E-state index in [1.54, 1.807) is 35.2 Å². The Hall–Kier alpha value is -3.67. The average Bonchev–Trinajstić information content (AvgIpc) is 2.72. The molecule has 0 saturated carbocycles. The van der Waals surface area contributed by atoms with Gasteiger partial charge in [0.25, 0.3) is 5.56 Å². The second-order valence-electron chi connectivity index (χ2n) is 7.25. The highest BCUT2D eigenvalue weighted by Gasteiger charge is 2.14. The van der Waals surface area contributed by atoms with E-state index in [4.69, 9.17) is 5.73 Å². The van der Waals surface area contributed by atoms with Gasteiger partial charge in [-0.05, 0) is 66.8 Å². The van der Waals surface area contributed by atoms with E-state index >= 15 is 0 Å². The van der Waals surface area contributed by atoms with Gasteiger partial charge in [-0.1, -0.05) is 13.0 Å². The van der Waals surface area contributed by atoms with Crippen LogP contribution in [0, 0.1) is 0 Å². The molecule has 0 radical (unpaired) electrons. The van der Waals surface area contributed by atoms with Gasteiger partial charge in [-0.25, -0.2) is 4.98 Å². The van der Waals surface area contributed by atoms with E-state index in [-0.39, 0.29) is 17.0 Å². The lowest BCUT2D eigenvalue weighted by Gasteiger charge is -2.14. The van der Waals surface area contributed by atoms with Crippen molar-refractivity contribution in [3.05, 3.63) is 98.8 Å². The van der Waals surface area contributed by atoms with Crippen molar-refractivity contribution in [1.29, 1.82) is 0 Å². The molecule has 0 spiro atoms. The van der Waals surface area contributed by atoms with E-state index in [1.165, 1.54) is 0 Å². The second-order valence-corrected chi connectivity index (χ2v) is 7.25. The van der Waals surface area contributed by atoms with E-state index in [2.05, 4.69) is 16.9 Å². The van der Waals surface area contributed by atoms with Gasteiger partial charge in [-0.2, -0.15) is 0 Å². The van der Waals surface area contributed by atoms with Crippen molar-refractivity contribution in [3.8, 4) is 5.69 Å². The summed E-state index contributed by atoms with van der Waals surface area (Å²) in [4.78, 5) is 32.0. The van der Waals surface area contributed by atoms with Gasteiger partial charge in [-0.3, -0.25) is 14.2 Å². The van der Waals surface area contributed by atoms with Crippen LogP contribution in [0.2, 0.25) is 0 Å². The molecule has 29 heavy (non-hydrogen) atoms. The van der Waals surface area contributed by atoms with Gasteiger partial charge >= 0.3 is 0 Å². The van der Waals surface area contributed by atoms with Crippen molar-refractivity contribution in [2.24, 2.45) is 0 Å². The highest BCUT2D eigenvalue weighted by Crippen LogP contribution is 2.22. The molecule has 0 aliphatic carbocycles. The summed E-state index contributed by atoms with van der Waals surface area (Å²) in [5, 5.41) is 0.897. The van der Waals surface area contributed by atoms with Crippen molar-refractivity contribution in [1.82, 2.24) is 14.5 Å². The van der Waals surface area contributed by atoms with Crippen molar-refractivity contribution in [2.45, 2.75) is 25.7 Å². The Kier molecular flexibility index (Phi) is 4.99. The number of nitrogen functional groups attached to an aromatic ring is 1. The second kappa shape index (κ2) is 7.75. The lowest BCUT2D eigenvalue weighted by molar-refractivity contribution is 0.673. The van der Waals surface area contributed by atoms with Crippen LogP contribution >= 0.6 is 0 Å². The minimum absolute atomic E-state index is 0.0973. The number of nitrogens with zero attached hydrogens (tertiary/aromatic N) is 2. The van der Waals surface area contributed by atoms with Crippen LogP contribution in [-0.2, 0) is 6.42 Å². The van der Waals surface area contributed by atoms with Gasteiger partial charge in [0.1, 0.15) is 5.65 Å². The van der Waals surface area contributed by atoms with E-state index < -0.39 is 0 Å². The molecule has 6 nitrogen and oxygen atoms in total. The molecule has 0 saturated heterocycles. The number of rotatable bonds is 5. The minimum atomic E-state index is -0.116. The SMILES string of the molecule is CC(CCc1cc2cccnc2n(-c2cccc(N)c2)c1=O)c1cc[nH]c(=O)c1. The molecular formula is C23H22N4O2. The quantitative estimate of drug-likeness (QED) is 0.514. The third kappa shape index (κ3) is 3.82. The molecule has 0 amide bonds. The Morgan fingerprint density at radius 1 is 1.10 bits per heavy atom. The number of anilines is 1. The Morgan fingerprint density at radius 2 is 1.97 bits per heavy atom. The number of hydrogen-bond acceptors (Lipinski definition) is 4. The Balaban J connectivity index is 1.75. The number of fused-ring (bicyclic) bond motifs is 1. The molecule has 4 rings (SSSR count). The van der Waals surface area contributed by atoms with Crippen LogP contribution in [0.15, 0.2) is 76.6 Å². The van der Waals surface area contributed by atoms with Crippen LogP contribution in [0.1, 0.15) is 30.4 Å². The standard InChI is InChI=1S/C23H22N4O2/c1-15(16-9-11-25-21(28)13-16)7-8-18-12-17-4-3-10-26-22(17)27(23(18)29)20-6-2-5-19(24)14-20/h2-6,9-15H,7-8,24H2,1H3,(H,25,28). The molecule has 6 heteroatoms. The van der Waals surface area contributed by atoms with Crippen LogP contribution in [0.25, 0.3) is 16.7 Å². The predicted octanol–water partition coefficient (Wildman–Crippen LogP) is 3.39. The first kappa shape index (κ1) is 18.7. The fourth-order valence-corrected chi connectivity index (χ4v) is 3.59. The first-order valence-corrected chi connectivity index (χ1v) is 9.57. The Labute approximate surface area is 167 Å².